The van der Waals surface area contributed by atoms with Crippen LogP contribution in [0.3, 0.4) is 0 Å². The van der Waals surface area contributed by atoms with Crippen LogP contribution in [0.25, 0.3) is 16.9 Å². The second-order valence-electron chi connectivity index (χ2n) is 5.85. The van der Waals surface area contributed by atoms with Crippen molar-refractivity contribution in [3.63, 3.8) is 0 Å². The summed E-state index contributed by atoms with van der Waals surface area (Å²) < 4.78 is 1.47. The number of hydrogen-bond acceptors (Lipinski definition) is 3. The average molecular weight is 375 g/mol. The summed E-state index contributed by atoms with van der Waals surface area (Å²) in [5, 5.41) is 12.2. The molecule has 1 N–H and O–H groups in total. The summed E-state index contributed by atoms with van der Waals surface area (Å²) >= 11 is 5.90. The van der Waals surface area contributed by atoms with E-state index in [4.69, 9.17) is 11.6 Å². The Balaban J connectivity index is 1.85. The molecule has 0 aliphatic carbocycles. The third-order valence-corrected chi connectivity index (χ3v) is 4.29. The van der Waals surface area contributed by atoms with Crippen molar-refractivity contribution in [2.45, 2.75) is 0 Å². The number of nitrogens with one attached hydrogen (secondary N) is 1. The fourth-order valence-electron chi connectivity index (χ4n) is 2.70. The zero-order valence-electron chi connectivity index (χ0n) is 14.2. The normalized spacial score (nSPS) is 11.1. The fraction of sp³-hybridized carbons (Fsp3) is 0. The van der Waals surface area contributed by atoms with Crippen LogP contribution in [0.1, 0.15) is 0 Å². The highest BCUT2D eigenvalue weighted by atomic mass is 35.5. The lowest BCUT2D eigenvalue weighted by Crippen LogP contribution is -2.13. The molecule has 4 rings (SSSR count). The van der Waals surface area contributed by atoms with Crippen LogP contribution in [0.5, 0.6) is 0 Å². The monoisotopic (exact) mass is 374 g/mol. The number of azo groups is 1. The van der Waals surface area contributed by atoms with E-state index in [0.29, 0.717) is 16.4 Å². The zero-order valence-corrected chi connectivity index (χ0v) is 15.0. The van der Waals surface area contributed by atoms with E-state index in [2.05, 4.69) is 15.3 Å². The van der Waals surface area contributed by atoms with Gasteiger partial charge in [-0.25, -0.2) is 4.68 Å². The number of para-hydroxylation sites is 1. The first-order valence-corrected chi connectivity index (χ1v) is 8.73. The van der Waals surface area contributed by atoms with Crippen LogP contribution in [0.2, 0.25) is 5.02 Å². The highest BCUT2D eigenvalue weighted by Crippen LogP contribution is 2.28. The van der Waals surface area contributed by atoms with Crippen LogP contribution in [-0.4, -0.2) is 9.78 Å². The Morgan fingerprint density at radius 3 is 2.07 bits per heavy atom. The van der Waals surface area contributed by atoms with Gasteiger partial charge in [0.25, 0.3) is 5.56 Å². The molecule has 0 radical (unpaired) electrons. The van der Waals surface area contributed by atoms with Crippen molar-refractivity contribution in [2.24, 2.45) is 10.2 Å². The van der Waals surface area contributed by atoms with E-state index >= 15 is 0 Å². The third kappa shape index (κ3) is 3.59. The van der Waals surface area contributed by atoms with Crippen LogP contribution in [0, 0.1) is 0 Å². The van der Waals surface area contributed by atoms with Crippen molar-refractivity contribution < 1.29 is 0 Å². The second kappa shape index (κ2) is 7.43. The summed E-state index contributed by atoms with van der Waals surface area (Å²) in [7, 11) is 0. The van der Waals surface area contributed by atoms with Crippen LogP contribution < -0.4 is 5.56 Å². The summed E-state index contributed by atoms with van der Waals surface area (Å²) in [5.74, 6) is 0. The van der Waals surface area contributed by atoms with Gasteiger partial charge in [-0.3, -0.25) is 9.89 Å². The lowest BCUT2D eigenvalue weighted by atomic mass is 10.1. The van der Waals surface area contributed by atoms with Gasteiger partial charge < -0.3 is 0 Å². The van der Waals surface area contributed by atoms with Gasteiger partial charge >= 0.3 is 0 Å². The fourth-order valence-corrected chi connectivity index (χ4v) is 2.83. The molecule has 3 aromatic carbocycles. The molecule has 0 bridgehead atoms. The van der Waals surface area contributed by atoms with Crippen molar-refractivity contribution >= 4 is 23.0 Å². The number of nitrogens with zero attached hydrogens (tertiary/aromatic N) is 3. The Labute approximate surface area is 160 Å². The van der Waals surface area contributed by atoms with E-state index in [1.165, 1.54) is 4.68 Å². The van der Waals surface area contributed by atoms with E-state index in [1.54, 1.807) is 24.3 Å². The zero-order chi connectivity index (χ0) is 18.6. The Hall–Kier alpha value is -3.44. The molecule has 4 aromatic rings. The highest BCUT2D eigenvalue weighted by Gasteiger charge is 2.16. The molecule has 0 aliphatic rings. The van der Waals surface area contributed by atoms with E-state index in [-0.39, 0.29) is 11.2 Å². The molecular weight excluding hydrogens is 360 g/mol. The van der Waals surface area contributed by atoms with Gasteiger partial charge in [-0.05, 0) is 36.4 Å². The molecule has 0 atom stereocenters. The maximum absolute atomic E-state index is 13.0. The molecule has 27 heavy (non-hydrogen) atoms. The second-order valence-corrected chi connectivity index (χ2v) is 6.29. The standard InChI is InChI=1S/C21H15ClN4O/c22-16-11-13-17(14-12-16)23-24-20-19(15-7-3-1-4-8-15)25-26(21(20)27)18-9-5-2-6-10-18/h1-14,25H. The SMILES string of the molecule is O=c1c(N=Nc2ccc(Cl)cc2)c(-c2ccccc2)[nH]n1-c1ccccc1. The number of halogens is 1. The van der Waals surface area contributed by atoms with Crippen molar-refractivity contribution in [3.8, 4) is 16.9 Å². The Morgan fingerprint density at radius 1 is 0.778 bits per heavy atom. The number of rotatable bonds is 4. The van der Waals surface area contributed by atoms with Crippen molar-refractivity contribution in [1.29, 1.82) is 0 Å². The number of hydrogen-bond donors (Lipinski definition) is 1. The molecule has 0 saturated carbocycles. The first-order chi connectivity index (χ1) is 13.2. The molecular formula is C21H15ClN4O. The number of benzene rings is 3. The largest absolute Gasteiger partial charge is 0.299 e. The van der Waals surface area contributed by atoms with E-state index in [9.17, 15) is 4.79 Å². The molecule has 0 fully saturated rings. The summed E-state index contributed by atoms with van der Waals surface area (Å²) in [6.45, 7) is 0. The summed E-state index contributed by atoms with van der Waals surface area (Å²) in [6, 6.07) is 25.9. The Morgan fingerprint density at radius 2 is 1.41 bits per heavy atom. The maximum atomic E-state index is 13.0. The van der Waals surface area contributed by atoms with Crippen LogP contribution in [0.4, 0.5) is 11.4 Å². The number of H-pyrrole nitrogens is 1. The molecule has 0 saturated heterocycles. The minimum atomic E-state index is -0.266. The van der Waals surface area contributed by atoms with Gasteiger partial charge in [-0.15, -0.1) is 5.11 Å². The maximum Gasteiger partial charge on any atom is 0.299 e. The number of aromatic nitrogens is 2. The average Bonchev–Trinajstić information content (AvgIpc) is 3.05. The molecule has 1 aromatic heterocycles. The van der Waals surface area contributed by atoms with Gasteiger partial charge in [0.2, 0.25) is 0 Å². The smallest absolute Gasteiger partial charge is 0.288 e. The summed E-state index contributed by atoms with van der Waals surface area (Å²) in [6.07, 6.45) is 0. The summed E-state index contributed by atoms with van der Waals surface area (Å²) in [4.78, 5) is 13.0. The van der Waals surface area contributed by atoms with Crippen LogP contribution in [0.15, 0.2) is 100.0 Å². The topological polar surface area (TPSA) is 62.5 Å². The molecule has 1 heterocycles. The van der Waals surface area contributed by atoms with Gasteiger partial charge in [-0.2, -0.15) is 5.11 Å². The van der Waals surface area contributed by atoms with Crippen LogP contribution >= 0.6 is 11.6 Å². The first-order valence-electron chi connectivity index (χ1n) is 8.35. The first kappa shape index (κ1) is 17.0. The minimum Gasteiger partial charge on any atom is -0.288 e. The van der Waals surface area contributed by atoms with Gasteiger partial charge in [0, 0.05) is 10.6 Å². The Kier molecular flexibility index (Phi) is 4.68. The Bertz CT molecular complexity index is 1130. The highest BCUT2D eigenvalue weighted by molar-refractivity contribution is 6.30. The van der Waals surface area contributed by atoms with Gasteiger partial charge in [0.15, 0.2) is 5.69 Å². The molecule has 0 unspecified atom stereocenters. The molecule has 5 nitrogen and oxygen atoms in total. The van der Waals surface area contributed by atoms with Crippen molar-refractivity contribution in [3.05, 3.63) is 100 Å². The lowest BCUT2D eigenvalue weighted by molar-refractivity contribution is 0.852. The number of aromatic amines is 1. The van der Waals surface area contributed by atoms with E-state index in [0.717, 1.165) is 11.3 Å². The lowest BCUT2D eigenvalue weighted by Gasteiger charge is -2.01. The predicted molar refractivity (Wildman–Crippen MR) is 107 cm³/mol. The predicted octanol–water partition coefficient (Wildman–Crippen LogP) is 5.90. The van der Waals surface area contributed by atoms with E-state index in [1.807, 2.05) is 60.7 Å². The van der Waals surface area contributed by atoms with Gasteiger partial charge in [0.05, 0.1) is 17.1 Å². The van der Waals surface area contributed by atoms with Crippen molar-refractivity contribution in [2.75, 3.05) is 0 Å². The molecule has 0 amide bonds. The van der Waals surface area contributed by atoms with Gasteiger partial charge in [-0.1, -0.05) is 60.1 Å². The van der Waals surface area contributed by atoms with E-state index < -0.39 is 0 Å². The quantitative estimate of drug-likeness (QED) is 0.444. The van der Waals surface area contributed by atoms with Crippen molar-refractivity contribution in [1.82, 2.24) is 9.78 Å². The van der Waals surface area contributed by atoms with Gasteiger partial charge in [0.1, 0.15) is 0 Å². The molecule has 132 valence electrons. The molecule has 0 spiro atoms. The minimum absolute atomic E-state index is 0.250. The summed E-state index contributed by atoms with van der Waals surface area (Å²) in [5.41, 5.74) is 2.80. The van der Waals surface area contributed by atoms with Crippen LogP contribution in [-0.2, 0) is 0 Å². The third-order valence-electron chi connectivity index (χ3n) is 4.04. The molecule has 0 aliphatic heterocycles. The molecule has 6 heteroatoms.